The van der Waals surface area contributed by atoms with E-state index >= 15 is 0 Å². The van der Waals surface area contributed by atoms with Crippen molar-refractivity contribution in [1.82, 2.24) is 10.2 Å². The Hall–Kier alpha value is -2.11. The molecule has 0 spiro atoms. The third-order valence-electron chi connectivity index (χ3n) is 4.25. The molecule has 0 aliphatic carbocycles. The van der Waals surface area contributed by atoms with Gasteiger partial charge in [-0.2, -0.15) is 0 Å². The van der Waals surface area contributed by atoms with Gasteiger partial charge in [-0.3, -0.25) is 4.79 Å². The smallest absolute Gasteiger partial charge is 0.321 e. The molecule has 1 aromatic rings. The fraction of sp³-hybridized carbons (Fsp3) is 0.556. The number of nitrogens with zero attached hydrogens (tertiary/aromatic N) is 1. The molecule has 1 atom stereocenters. The molecule has 1 fully saturated rings. The van der Waals surface area contributed by atoms with Crippen LogP contribution in [0.2, 0.25) is 0 Å². The van der Waals surface area contributed by atoms with Gasteiger partial charge in [0.05, 0.1) is 0 Å². The van der Waals surface area contributed by atoms with Crippen LogP contribution in [0.1, 0.15) is 39.0 Å². The normalized spacial score (nSPS) is 17.4. The lowest BCUT2D eigenvalue weighted by molar-refractivity contribution is -0.121. The lowest BCUT2D eigenvalue weighted by Crippen LogP contribution is -2.42. The number of nitrogens with one attached hydrogen (secondary N) is 2. The number of urea groups is 1. The molecule has 2 rings (SSSR count). The second-order valence-corrected chi connectivity index (χ2v) is 6.28. The van der Waals surface area contributed by atoms with Crippen LogP contribution in [0.15, 0.2) is 24.3 Å². The number of piperidine rings is 1. The van der Waals surface area contributed by atoms with Crippen LogP contribution in [0.3, 0.4) is 0 Å². The number of likely N-dealkylation sites (tertiary alicyclic amines) is 1. The molecule has 1 saturated heterocycles. The number of carbonyl (C=O) groups excluding carboxylic acids is 2. The summed E-state index contributed by atoms with van der Waals surface area (Å²) >= 11 is 0. The van der Waals surface area contributed by atoms with Crippen molar-refractivity contribution in [2.75, 3.05) is 25.0 Å². The first-order valence-electron chi connectivity index (χ1n) is 8.66. The number of hydrogen-bond donors (Lipinski definition) is 2. The summed E-state index contributed by atoms with van der Waals surface area (Å²) in [5, 5.41) is 5.67. The predicted molar refractivity (Wildman–Crippen MR) is 92.3 cm³/mol. The number of halogens is 1. The largest absolute Gasteiger partial charge is 0.356 e. The topological polar surface area (TPSA) is 61.4 Å². The average molecular weight is 335 g/mol. The summed E-state index contributed by atoms with van der Waals surface area (Å²) in [4.78, 5) is 25.8. The Labute approximate surface area is 142 Å². The number of anilines is 1. The Kier molecular flexibility index (Phi) is 7.03. The van der Waals surface area contributed by atoms with Gasteiger partial charge in [-0.25, -0.2) is 9.18 Å². The van der Waals surface area contributed by atoms with E-state index in [0.29, 0.717) is 31.1 Å². The van der Waals surface area contributed by atoms with Crippen LogP contribution in [0.4, 0.5) is 14.9 Å². The highest BCUT2D eigenvalue weighted by atomic mass is 19.1. The predicted octanol–water partition coefficient (Wildman–Crippen LogP) is 3.38. The van der Waals surface area contributed by atoms with Crippen LogP contribution < -0.4 is 10.6 Å². The van der Waals surface area contributed by atoms with Gasteiger partial charge in [0.25, 0.3) is 0 Å². The first-order valence-corrected chi connectivity index (χ1v) is 8.66. The maximum Gasteiger partial charge on any atom is 0.321 e. The van der Waals surface area contributed by atoms with Gasteiger partial charge < -0.3 is 15.5 Å². The van der Waals surface area contributed by atoms with Crippen LogP contribution >= 0.6 is 0 Å². The number of rotatable bonds is 6. The average Bonchev–Trinajstić information content (AvgIpc) is 2.60. The molecule has 3 amide bonds. The van der Waals surface area contributed by atoms with Crippen LogP contribution in [0.5, 0.6) is 0 Å². The molecule has 0 bridgehead atoms. The number of benzene rings is 1. The van der Waals surface area contributed by atoms with Gasteiger partial charge in [-0.1, -0.05) is 6.92 Å². The molecule has 24 heavy (non-hydrogen) atoms. The van der Waals surface area contributed by atoms with E-state index in [4.69, 9.17) is 0 Å². The second kappa shape index (κ2) is 9.25. The summed E-state index contributed by atoms with van der Waals surface area (Å²) in [5.41, 5.74) is 0.586. The van der Waals surface area contributed by atoms with Gasteiger partial charge in [0.15, 0.2) is 0 Å². The van der Waals surface area contributed by atoms with Gasteiger partial charge in [0.1, 0.15) is 5.82 Å². The van der Waals surface area contributed by atoms with E-state index in [0.717, 1.165) is 32.2 Å². The highest BCUT2D eigenvalue weighted by Gasteiger charge is 2.24. The van der Waals surface area contributed by atoms with Crippen LogP contribution in [-0.2, 0) is 4.79 Å². The minimum absolute atomic E-state index is 0.0877. The molecular formula is C18H26FN3O2. The molecular weight excluding hydrogens is 309 g/mol. The summed E-state index contributed by atoms with van der Waals surface area (Å²) in [6, 6.07) is 5.58. The number of carbonyl (C=O) groups is 2. The standard InChI is InChI=1S/C18H26FN3O2/c1-2-11-20-17(23)10-5-14-4-3-12-22(13-14)18(24)21-16-8-6-15(19)7-9-16/h6-9,14H,2-5,10-13H2,1H3,(H,20,23)(H,21,24)/t14-/m0/s1. The van der Waals surface area contributed by atoms with E-state index < -0.39 is 0 Å². The molecule has 1 heterocycles. The number of amides is 3. The molecule has 6 heteroatoms. The Morgan fingerprint density at radius 3 is 2.75 bits per heavy atom. The second-order valence-electron chi connectivity index (χ2n) is 6.28. The van der Waals surface area contributed by atoms with Crippen molar-refractivity contribution in [2.24, 2.45) is 5.92 Å². The fourth-order valence-electron chi connectivity index (χ4n) is 2.91. The lowest BCUT2D eigenvalue weighted by atomic mass is 9.93. The molecule has 1 aliphatic heterocycles. The van der Waals surface area contributed by atoms with E-state index in [2.05, 4.69) is 10.6 Å². The minimum atomic E-state index is -0.326. The number of hydrogen-bond acceptors (Lipinski definition) is 2. The molecule has 5 nitrogen and oxygen atoms in total. The Balaban J connectivity index is 1.78. The Morgan fingerprint density at radius 2 is 2.04 bits per heavy atom. The van der Waals surface area contributed by atoms with Crippen molar-refractivity contribution in [1.29, 1.82) is 0 Å². The van der Waals surface area contributed by atoms with Gasteiger partial charge >= 0.3 is 6.03 Å². The van der Waals surface area contributed by atoms with Crippen molar-refractivity contribution in [3.8, 4) is 0 Å². The summed E-state index contributed by atoms with van der Waals surface area (Å²) < 4.78 is 12.9. The molecule has 132 valence electrons. The fourth-order valence-corrected chi connectivity index (χ4v) is 2.91. The first-order chi connectivity index (χ1) is 11.6. The zero-order valence-corrected chi connectivity index (χ0v) is 14.2. The van der Waals surface area contributed by atoms with Crippen molar-refractivity contribution >= 4 is 17.6 Å². The van der Waals surface area contributed by atoms with Gasteiger partial charge in [-0.15, -0.1) is 0 Å². The Bertz CT molecular complexity index is 548. The zero-order valence-electron chi connectivity index (χ0n) is 14.2. The minimum Gasteiger partial charge on any atom is -0.356 e. The Morgan fingerprint density at radius 1 is 1.29 bits per heavy atom. The third kappa shape index (κ3) is 5.83. The quantitative estimate of drug-likeness (QED) is 0.837. The van der Waals surface area contributed by atoms with Gasteiger partial charge in [0, 0.05) is 31.7 Å². The SMILES string of the molecule is CCCNC(=O)CC[C@@H]1CCCN(C(=O)Nc2ccc(F)cc2)C1. The van der Waals surface area contributed by atoms with Gasteiger partial charge in [-0.05, 0) is 55.9 Å². The maximum atomic E-state index is 12.9. The molecule has 0 saturated carbocycles. The van der Waals surface area contributed by atoms with Crippen molar-refractivity contribution in [3.63, 3.8) is 0 Å². The summed E-state index contributed by atoms with van der Waals surface area (Å²) in [7, 11) is 0. The zero-order chi connectivity index (χ0) is 17.4. The summed E-state index contributed by atoms with van der Waals surface area (Å²) in [6.45, 7) is 4.12. The molecule has 1 aromatic carbocycles. The molecule has 0 radical (unpaired) electrons. The van der Waals surface area contributed by atoms with E-state index in [1.165, 1.54) is 12.1 Å². The van der Waals surface area contributed by atoms with Gasteiger partial charge in [0.2, 0.25) is 5.91 Å². The summed E-state index contributed by atoms with van der Waals surface area (Å²) in [6.07, 6.45) is 4.24. The van der Waals surface area contributed by atoms with Crippen molar-refractivity contribution in [3.05, 3.63) is 30.1 Å². The van der Waals surface area contributed by atoms with Crippen LogP contribution in [-0.4, -0.2) is 36.5 Å². The monoisotopic (exact) mass is 335 g/mol. The third-order valence-corrected chi connectivity index (χ3v) is 4.25. The van der Waals surface area contributed by atoms with Crippen molar-refractivity contribution < 1.29 is 14.0 Å². The van der Waals surface area contributed by atoms with Crippen molar-refractivity contribution in [2.45, 2.75) is 39.0 Å². The van der Waals surface area contributed by atoms with Crippen LogP contribution in [0, 0.1) is 11.7 Å². The molecule has 0 aromatic heterocycles. The first kappa shape index (κ1) is 18.2. The molecule has 0 unspecified atom stereocenters. The molecule has 2 N–H and O–H groups in total. The molecule has 1 aliphatic rings. The van der Waals surface area contributed by atoms with E-state index in [-0.39, 0.29) is 17.8 Å². The van der Waals surface area contributed by atoms with E-state index in [1.807, 2.05) is 6.92 Å². The highest BCUT2D eigenvalue weighted by molar-refractivity contribution is 5.89. The van der Waals surface area contributed by atoms with E-state index in [9.17, 15) is 14.0 Å². The highest BCUT2D eigenvalue weighted by Crippen LogP contribution is 2.22. The van der Waals surface area contributed by atoms with Crippen LogP contribution in [0.25, 0.3) is 0 Å². The lowest BCUT2D eigenvalue weighted by Gasteiger charge is -2.32. The summed E-state index contributed by atoms with van der Waals surface area (Å²) in [5.74, 6) is 0.113. The maximum absolute atomic E-state index is 12.9. The van der Waals surface area contributed by atoms with E-state index in [1.54, 1.807) is 17.0 Å².